The Balaban J connectivity index is 2.19. The third-order valence-electron chi connectivity index (χ3n) is 6.18. The van der Waals surface area contributed by atoms with Gasteiger partial charge in [0.1, 0.15) is 11.5 Å². The Morgan fingerprint density at radius 2 is 1.53 bits per heavy atom. The van der Waals surface area contributed by atoms with E-state index in [2.05, 4.69) is 51.9 Å². The zero-order chi connectivity index (χ0) is 22.1. The number of nitrogens with zero attached hydrogens (tertiary/aromatic N) is 1. The van der Waals surface area contributed by atoms with Gasteiger partial charge in [0.15, 0.2) is 0 Å². The number of carboxylic acid groups (broad SMARTS) is 1. The molecule has 0 aromatic heterocycles. The van der Waals surface area contributed by atoms with E-state index in [0.717, 1.165) is 24.8 Å². The molecule has 0 saturated heterocycles. The normalized spacial score (nSPS) is 17.3. The fourth-order valence-corrected chi connectivity index (χ4v) is 4.15. The van der Waals surface area contributed by atoms with Crippen molar-refractivity contribution in [3.05, 3.63) is 64.2 Å². The second-order valence-electron chi connectivity index (χ2n) is 9.34. The fourth-order valence-electron chi connectivity index (χ4n) is 4.15. The lowest BCUT2D eigenvalue weighted by Crippen LogP contribution is -2.34. The van der Waals surface area contributed by atoms with Gasteiger partial charge >= 0.3 is 5.97 Å². The van der Waals surface area contributed by atoms with Crippen molar-refractivity contribution in [1.82, 2.24) is 0 Å². The molecule has 0 bridgehead atoms. The number of aromatic carboxylic acids is 1. The number of fused-ring (bicyclic) bond motifs is 1. The van der Waals surface area contributed by atoms with E-state index in [1.807, 2.05) is 0 Å². The Labute approximate surface area is 178 Å². The average molecular weight is 410 g/mol. The molecule has 1 aliphatic rings. The predicted molar refractivity (Wildman–Crippen MR) is 118 cm³/mol. The van der Waals surface area contributed by atoms with Gasteiger partial charge in [-0.25, -0.2) is 4.79 Å². The standard InChI is InChI=1S/C25H31NO4/c1-6-13-30-21-15-20-19(24(2,3)11-12-25(20,4)5)14-18(21)22(26-29)16-7-9-17(10-8-16)23(27)28/h7-10,14-15,29H,6,11-13H2,1-5H3,(H,27,28). The molecule has 5 heteroatoms. The molecule has 5 nitrogen and oxygen atoms in total. The van der Waals surface area contributed by atoms with Crippen LogP contribution in [0.1, 0.15) is 86.5 Å². The van der Waals surface area contributed by atoms with E-state index in [4.69, 9.17) is 9.84 Å². The summed E-state index contributed by atoms with van der Waals surface area (Å²) < 4.78 is 6.09. The molecule has 2 N–H and O–H groups in total. The van der Waals surface area contributed by atoms with E-state index in [-0.39, 0.29) is 16.4 Å². The van der Waals surface area contributed by atoms with Crippen LogP contribution < -0.4 is 4.74 Å². The Hall–Kier alpha value is -2.82. The third-order valence-corrected chi connectivity index (χ3v) is 6.18. The molecule has 3 rings (SSSR count). The van der Waals surface area contributed by atoms with Crippen molar-refractivity contribution >= 4 is 11.7 Å². The second-order valence-corrected chi connectivity index (χ2v) is 9.34. The molecule has 0 fully saturated rings. The molecule has 0 heterocycles. The van der Waals surface area contributed by atoms with Gasteiger partial charge in [-0.3, -0.25) is 0 Å². The van der Waals surface area contributed by atoms with E-state index < -0.39 is 5.97 Å². The van der Waals surface area contributed by atoms with Gasteiger partial charge in [0.05, 0.1) is 12.2 Å². The number of hydrogen-bond donors (Lipinski definition) is 2. The molecule has 0 aliphatic heterocycles. The van der Waals surface area contributed by atoms with Crippen LogP contribution in [0.2, 0.25) is 0 Å². The first kappa shape index (κ1) is 21.9. The van der Waals surface area contributed by atoms with Crippen LogP contribution in [0, 0.1) is 0 Å². The number of carboxylic acids is 1. The summed E-state index contributed by atoms with van der Waals surface area (Å²) >= 11 is 0. The van der Waals surface area contributed by atoms with Gasteiger partial charge in [0.25, 0.3) is 0 Å². The van der Waals surface area contributed by atoms with Crippen LogP contribution in [-0.2, 0) is 10.8 Å². The van der Waals surface area contributed by atoms with E-state index in [1.54, 1.807) is 12.1 Å². The molecular weight excluding hydrogens is 378 g/mol. The highest BCUT2D eigenvalue weighted by Crippen LogP contribution is 2.48. The van der Waals surface area contributed by atoms with Crippen LogP contribution in [-0.4, -0.2) is 28.6 Å². The molecular formula is C25H31NO4. The summed E-state index contributed by atoms with van der Waals surface area (Å²) in [5.74, 6) is -0.301. The first-order valence-corrected chi connectivity index (χ1v) is 10.5. The van der Waals surface area contributed by atoms with E-state index in [1.165, 1.54) is 23.3 Å². The highest BCUT2D eigenvalue weighted by molar-refractivity contribution is 6.14. The second kappa shape index (κ2) is 8.13. The van der Waals surface area contributed by atoms with Gasteiger partial charge in [-0.15, -0.1) is 0 Å². The van der Waals surface area contributed by atoms with Gasteiger partial charge in [0, 0.05) is 11.1 Å². The highest BCUT2D eigenvalue weighted by atomic mass is 16.5. The lowest BCUT2D eigenvalue weighted by Gasteiger charge is -2.42. The van der Waals surface area contributed by atoms with Gasteiger partial charge in [0.2, 0.25) is 0 Å². The van der Waals surface area contributed by atoms with Gasteiger partial charge in [-0.2, -0.15) is 0 Å². The van der Waals surface area contributed by atoms with Crippen molar-refractivity contribution in [1.29, 1.82) is 0 Å². The Bertz CT molecular complexity index is 971. The monoisotopic (exact) mass is 409 g/mol. The molecule has 0 atom stereocenters. The van der Waals surface area contributed by atoms with Crippen molar-refractivity contribution in [2.75, 3.05) is 6.61 Å². The predicted octanol–water partition coefficient (Wildman–Crippen LogP) is 5.75. The van der Waals surface area contributed by atoms with Crippen LogP contribution in [0.5, 0.6) is 5.75 Å². The smallest absolute Gasteiger partial charge is 0.335 e. The number of rotatable bonds is 6. The van der Waals surface area contributed by atoms with Gasteiger partial charge < -0.3 is 15.1 Å². The topological polar surface area (TPSA) is 79.1 Å². The molecule has 0 radical (unpaired) electrons. The van der Waals surface area contributed by atoms with Gasteiger partial charge in [-0.1, -0.05) is 51.9 Å². The summed E-state index contributed by atoms with van der Waals surface area (Å²) in [6.45, 7) is 11.6. The zero-order valence-corrected chi connectivity index (χ0v) is 18.5. The van der Waals surface area contributed by atoms with Crippen molar-refractivity contribution in [2.24, 2.45) is 5.16 Å². The van der Waals surface area contributed by atoms with Crippen molar-refractivity contribution in [3.63, 3.8) is 0 Å². The highest BCUT2D eigenvalue weighted by Gasteiger charge is 2.38. The molecule has 2 aromatic carbocycles. The summed E-state index contributed by atoms with van der Waals surface area (Å²) in [6, 6.07) is 10.6. The molecule has 0 spiro atoms. The summed E-state index contributed by atoms with van der Waals surface area (Å²) in [7, 11) is 0. The maximum atomic E-state index is 11.2. The zero-order valence-electron chi connectivity index (χ0n) is 18.5. The number of carbonyl (C=O) groups is 1. The minimum Gasteiger partial charge on any atom is -0.493 e. The average Bonchev–Trinajstić information content (AvgIpc) is 2.71. The van der Waals surface area contributed by atoms with Crippen molar-refractivity contribution in [2.45, 2.75) is 64.7 Å². The first-order chi connectivity index (χ1) is 14.1. The molecule has 2 aromatic rings. The maximum absolute atomic E-state index is 11.2. The maximum Gasteiger partial charge on any atom is 0.335 e. The third kappa shape index (κ3) is 4.07. The van der Waals surface area contributed by atoms with Crippen LogP contribution >= 0.6 is 0 Å². The van der Waals surface area contributed by atoms with Crippen LogP contribution in [0.15, 0.2) is 41.6 Å². The lowest BCUT2D eigenvalue weighted by atomic mass is 9.62. The quantitative estimate of drug-likeness (QED) is 0.362. The van der Waals surface area contributed by atoms with Crippen LogP contribution in [0.3, 0.4) is 0 Å². The van der Waals surface area contributed by atoms with Crippen LogP contribution in [0.4, 0.5) is 0 Å². The number of hydrogen-bond acceptors (Lipinski definition) is 4. The minimum atomic E-state index is -0.992. The summed E-state index contributed by atoms with van der Waals surface area (Å²) in [6.07, 6.45) is 3.03. The Morgan fingerprint density at radius 3 is 2.03 bits per heavy atom. The fraction of sp³-hybridized carbons (Fsp3) is 0.440. The molecule has 160 valence electrons. The van der Waals surface area contributed by atoms with Crippen molar-refractivity contribution in [3.8, 4) is 5.75 Å². The number of benzene rings is 2. The van der Waals surface area contributed by atoms with E-state index >= 15 is 0 Å². The van der Waals surface area contributed by atoms with Gasteiger partial charge in [-0.05, 0) is 65.5 Å². The molecule has 0 saturated carbocycles. The van der Waals surface area contributed by atoms with Crippen molar-refractivity contribution < 1.29 is 19.8 Å². The Kier molecular flexibility index (Phi) is 5.93. The number of oxime groups is 1. The summed E-state index contributed by atoms with van der Waals surface area (Å²) in [4.78, 5) is 11.2. The lowest BCUT2D eigenvalue weighted by molar-refractivity contribution is 0.0697. The molecule has 0 unspecified atom stereocenters. The molecule has 1 aliphatic carbocycles. The first-order valence-electron chi connectivity index (χ1n) is 10.5. The summed E-state index contributed by atoms with van der Waals surface area (Å²) in [5.41, 5.74) is 4.46. The molecule has 0 amide bonds. The Morgan fingerprint density at radius 1 is 1.00 bits per heavy atom. The number of ether oxygens (including phenoxy) is 1. The summed E-state index contributed by atoms with van der Waals surface area (Å²) in [5, 5.41) is 22.7. The molecule has 30 heavy (non-hydrogen) atoms. The van der Waals surface area contributed by atoms with E-state index in [9.17, 15) is 10.0 Å². The van der Waals surface area contributed by atoms with Crippen LogP contribution in [0.25, 0.3) is 0 Å². The van der Waals surface area contributed by atoms with E-state index in [0.29, 0.717) is 23.6 Å². The minimum absolute atomic E-state index is 0.00335. The SMILES string of the molecule is CCCOc1cc2c(cc1C(=NO)c1ccc(C(=O)O)cc1)C(C)(C)CCC2(C)C. The largest absolute Gasteiger partial charge is 0.493 e.